The van der Waals surface area contributed by atoms with Gasteiger partial charge in [0.2, 0.25) is 17.0 Å². The second-order valence-corrected chi connectivity index (χ2v) is 6.70. The van der Waals surface area contributed by atoms with Crippen molar-refractivity contribution < 1.29 is 9.59 Å². The molecule has 0 atom stereocenters. The SMILES string of the molecule is C=C(C)CN(CC)C(=O)CSc1nnnn1-c1cccc(NC(C)=O)c1. The summed E-state index contributed by atoms with van der Waals surface area (Å²) >= 11 is 1.27. The van der Waals surface area contributed by atoms with E-state index in [4.69, 9.17) is 0 Å². The van der Waals surface area contributed by atoms with Gasteiger partial charge < -0.3 is 10.2 Å². The first-order valence-corrected chi connectivity index (χ1v) is 9.10. The topological polar surface area (TPSA) is 93.0 Å². The van der Waals surface area contributed by atoms with Gasteiger partial charge in [-0.15, -0.1) is 5.10 Å². The second kappa shape index (κ2) is 9.14. The Balaban J connectivity index is 2.10. The first-order chi connectivity index (χ1) is 12.4. The molecule has 8 nitrogen and oxygen atoms in total. The highest BCUT2D eigenvalue weighted by atomic mass is 32.2. The van der Waals surface area contributed by atoms with Crippen molar-refractivity contribution in [1.82, 2.24) is 25.1 Å². The lowest BCUT2D eigenvalue weighted by molar-refractivity contribution is -0.127. The van der Waals surface area contributed by atoms with Crippen molar-refractivity contribution in [2.24, 2.45) is 0 Å². The highest BCUT2D eigenvalue weighted by Crippen LogP contribution is 2.21. The average Bonchev–Trinajstić information content (AvgIpc) is 3.05. The summed E-state index contributed by atoms with van der Waals surface area (Å²) in [6.45, 7) is 10.3. The van der Waals surface area contributed by atoms with Crippen LogP contribution in [-0.2, 0) is 9.59 Å². The summed E-state index contributed by atoms with van der Waals surface area (Å²) < 4.78 is 1.54. The first kappa shape index (κ1) is 19.6. The number of hydrogen-bond acceptors (Lipinski definition) is 6. The summed E-state index contributed by atoms with van der Waals surface area (Å²) in [7, 11) is 0. The lowest BCUT2D eigenvalue weighted by Gasteiger charge is -2.20. The molecule has 0 saturated carbocycles. The molecule has 26 heavy (non-hydrogen) atoms. The van der Waals surface area contributed by atoms with Crippen LogP contribution >= 0.6 is 11.8 Å². The third-order valence-corrected chi connectivity index (χ3v) is 4.28. The monoisotopic (exact) mass is 374 g/mol. The van der Waals surface area contributed by atoms with Gasteiger partial charge in [-0.3, -0.25) is 9.59 Å². The molecule has 0 saturated heterocycles. The number of amides is 2. The van der Waals surface area contributed by atoms with Crippen molar-refractivity contribution in [3.05, 3.63) is 36.4 Å². The summed E-state index contributed by atoms with van der Waals surface area (Å²) in [6, 6.07) is 7.17. The number of likely N-dealkylation sites (N-methyl/N-ethyl adjacent to an activating group) is 1. The summed E-state index contributed by atoms with van der Waals surface area (Å²) in [6.07, 6.45) is 0. The Hall–Kier alpha value is -2.68. The van der Waals surface area contributed by atoms with Gasteiger partial charge in [0.05, 0.1) is 11.4 Å². The number of aromatic nitrogens is 4. The summed E-state index contributed by atoms with van der Waals surface area (Å²) in [5.41, 5.74) is 2.28. The predicted octanol–water partition coefficient (Wildman–Crippen LogP) is 2.14. The molecule has 9 heteroatoms. The maximum Gasteiger partial charge on any atom is 0.233 e. The predicted molar refractivity (Wildman–Crippen MR) is 101 cm³/mol. The minimum atomic E-state index is -0.156. The molecule has 0 aliphatic rings. The van der Waals surface area contributed by atoms with Crippen LogP contribution in [0.3, 0.4) is 0 Å². The van der Waals surface area contributed by atoms with E-state index in [0.29, 0.717) is 29.6 Å². The van der Waals surface area contributed by atoms with Crippen molar-refractivity contribution in [2.75, 3.05) is 24.2 Å². The van der Waals surface area contributed by atoms with Crippen LogP contribution in [0, 0.1) is 0 Å². The van der Waals surface area contributed by atoms with Crippen LogP contribution in [0.4, 0.5) is 5.69 Å². The lowest BCUT2D eigenvalue weighted by atomic mass is 10.3. The molecular formula is C17H22N6O2S. The van der Waals surface area contributed by atoms with Gasteiger partial charge in [-0.25, -0.2) is 0 Å². The number of thioether (sulfide) groups is 1. The third-order valence-electron chi connectivity index (χ3n) is 3.37. The van der Waals surface area contributed by atoms with Gasteiger partial charge in [0.15, 0.2) is 0 Å². The molecule has 2 rings (SSSR count). The van der Waals surface area contributed by atoms with E-state index in [0.717, 1.165) is 5.57 Å². The first-order valence-electron chi connectivity index (χ1n) is 8.12. The van der Waals surface area contributed by atoms with E-state index >= 15 is 0 Å². The Labute approximate surface area is 156 Å². The molecule has 1 N–H and O–H groups in total. The Kier molecular flexibility index (Phi) is 6.90. The number of nitrogens with zero attached hydrogens (tertiary/aromatic N) is 5. The third kappa shape index (κ3) is 5.41. The molecular weight excluding hydrogens is 352 g/mol. The highest BCUT2D eigenvalue weighted by Gasteiger charge is 2.16. The Morgan fingerprint density at radius 3 is 2.77 bits per heavy atom. The zero-order valence-electron chi connectivity index (χ0n) is 15.1. The van der Waals surface area contributed by atoms with Crippen LogP contribution < -0.4 is 5.32 Å². The van der Waals surface area contributed by atoms with Crippen LogP contribution in [0.1, 0.15) is 20.8 Å². The van der Waals surface area contributed by atoms with Crippen molar-refractivity contribution in [3.63, 3.8) is 0 Å². The number of anilines is 1. The Morgan fingerprint density at radius 1 is 1.35 bits per heavy atom. The molecule has 0 aliphatic carbocycles. The maximum absolute atomic E-state index is 12.4. The number of carbonyl (C=O) groups is 2. The molecule has 2 aromatic rings. The van der Waals surface area contributed by atoms with E-state index in [-0.39, 0.29) is 17.6 Å². The van der Waals surface area contributed by atoms with E-state index in [1.807, 2.05) is 19.9 Å². The van der Waals surface area contributed by atoms with E-state index in [2.05, 4.69) is 27.4 Å². The quantitative estimate of drug-likeness (QED) is 0.562. The molecule has 1 aromatic heterocycles. The van der Waals surface area contributed by atoms with Gasteiger partial charge in [-0.1, -0.05) is 30.0 Å². The zero-order chi connectivity index (χ0) is 19.1. The molecule has 0 bridgehead atoms. The van der Waals surface area contributed by atoms with Crippen LogP contribution in [0.25, 0.3) is 5.69 Å². The fourth-order valence-electron chi connectivity index (χ4n) is 2.27. The number of benzene rings is 1. The van der Waals surface area contributed by atoms with Crippen molar-refractivity contribution in [3.8, 4) is 5.69 Å². The number of tetrazole rings is 1. The molecule has 0 fully saturated rings. The van der Waals surface area contributed by atoms with Crippen molar-refractivity contribution >= 4 is 29.3 Å². The van der Waals surface area contributed by atoms with Gasteiger partial charge in [0, 0.05) is 25.7 Å². The van der Waals surface area contributed by atoms with Crippen molar-refractivity contribution in [1.29, 1.82) is 0 Å². The smallest absolute Gasteiger partial charge is 0.233 e. The molecule has 0 spiro atoms. The average molecular weight is 374 g/mol. The summed E-state index contributed by atoms with van der Waals surface area (Å²) in [5, 5.41) is 14.9. The largest absolute Gasteiger partial charge is 0.338 e. The molecule has 1 heterocycles. The molecule has 0 aliphatic heterocycles. The fourth-order valence-corrected chi connectivity index (χ4v) is 3.06. The summed E-state index contributed by atoms with van der Waals surface area (Å²) in [4.78, 5) is 25.3. The maximum atomic E-state index is 12.4. The van der Waals surface area contributed by atoms with Gasteiger partial charge in [0.1, 0.15) is 0 Å². The van der Waals surface area contributed by atoms with Gasteiger partial charge in [-0.05, 0) is 42.5 Å². The number of nitrogens with one attached hydrogen (secondary N) is 1. The second-order valence-electron chi connectivity index (χ2n) is 5.76. The van der Waals surface area contributed by atoms with Gasteiger partial charge in [0.25, 0.3) is 0 Å². The molecule has 0 unspecified atom stereocenters. The lowest BCUT2D eigenvalue weighted by Crippen LogP contribution is -2.33. The number of carbonyl (C=O) groups excluding carboxylic acids is 2. The minimum absolute atomic E-state index is 0.00190. The molecule has 0 radical (unpaired) electrons. The van der Waals surface area contributed by atoms with Gasteiger partial charge in [-0.2, -0.15) is 4.68 Å². The van der Waals surface area contributed by atoms with E-state index in [1.54, 1.807) is 23.1 Å². The number of hydrogen-bond donors (Lipinski definition) is 1. The van der Waals surface area contributed by atoms with Crippen LogP contribution in [-0.4, -0.2) is 55.8 Å². The van der Waals surface area contributed by atoms with E-state index < -0.39 is 0 Å². The standard InChI is InChI=1S/C17H22N6O2S/c1-5-22(10-12(2)3)16(25)11-26-17-19-20-21-23(17)15-8-6-7-14(9-15)18-13(4)24/h6-9H,2,5,10-11H2,1,3-4H3,(H,18,24). The van der Waals surface area contributed by atoms with Crippen LogP contribution in [0.15, 0.2) is 41.6 Å². The van der Waals surface area contributed by atoms with Crippen LogP contribution in [0.5, 0.6) is 0 Å². The highest BCUT2D eigenvalue weighted by molar-refractivity contribution is 7.99. The molecule has 1 aromatic carbocycles. The normalized spacial score (nSPS) is 10.4. The van der Waals surface area contributed by atoms with E-state index in [9.17, 15) is 9.59 Å². The molecule has 2 amide bonds. The molecule has 138 valence electrons. The van der Waals surface area contributed by atoms with E-state index in [1.165, 1.54) is 23.4 Å². The Bertz CT molecular complexity index is 804. The minimum Gasteiger partial charge on any atom is -0.338 e. The van der Waals surface area contributed by atoms with Gasteiger partial charge >= 0.3 is 0 Å². The van der Waals surface area contributed by atoms with Crippen LogP contribution in [0.2, 0.25) is 0 Å². The zero-order valence-corrected chi connectivity index (χ0v) is 15.9. The van der Waals surface area contributed by atoms with Crippen molar-refractivity contribution in [2.45, 2.75) is 25.9 Å². The fraction of sp³-hybridized carbons (Fsp3) is 0.353. The summed E-state index contributed by atoms with van der Waals surface area (Å²) in [5.74, 6) is 0.0747. The number of rotatable bonds is 8. The Morgan fingerprint density at radius 2 is 2.12 bits per heavy atom.